The molecule has 8 heteroatoms. The van der Waals surface area contributed by atoms with Crippen LogP contribution in [0.3, 0.4) is 0 Å². The topological polar surface area (TPSA) is 98.0 Å². The normalized spacial score (nSPS) is 10.6. The maximum atomic E-state index is 12.9. The van der Waals surface area contributed by atoms with Gasteiger partial charge in [-0.25, -0.2) is 9.18 Å². The van der Waals surface area contributed by atoms with Gasteiger partial charge in [-0.15, -0.1) is 0 Å². The van der Waals surface area contributed by atoms with Gasteiger partial charge in [0.1, 0.15) is 5.82 Å². The standard InChI is InChI=1S/C18H14FNO6/c1-24-13-8-12(18(22)23)11-7-14(26-15(11)16(13)25-2)17(21)20-10-5-3-9(19)4-6-10/h3-8H,1-2H3,(H,20,21)(H,22,23). The largest absolute Gasteiger partial charge is 0.493 e. The van der Waals surface area contributed by atoms with Crippen LogP contribution in [0.2, 0.25) is 0 Å². The number of aromatic carboxylic acids is 1. The first-order valence-electron chi connectivity index (χ1n) is 7.43. The molecule has 1 amide bonds. The molecule has 26 heavy (non-hydrogen) atoms. The minimum absolute atomic E-state index is 0.0773. The SMILES string of the molecule is COc1cc(C(=O)O)c2cc(C(=O)Nc3ccc(F)cc3)oc2c1OC. The summed E-state index contributed by atoms with van der Waals surface area (Å²) in [4.78, 5) is 23.9. The van der Waals surface area contributed by atoms with Crippen molar-refractivity contribution in [3.63, 3.8) is 0 Å². The Hall–Kier alpha value is -3.55. The summed E-state index contributed by atoms with van der Waals surface area (Å²) in [5.74, 6) is -2.05. The summed E-state index contributed by atoms with van der Waals surface area (Å²) in [5.41, 5.74) is 0.343. The zero-order valence-electron chi connectivity index (χ0n) is 13.8. The molecule has 1 aromatic heterocycles. The first-order chi connectivity index (χ1) is 12.4. The van der Waals surface area contributed by atoms with Gasteiger partial charge in [-0.1, -0.05) is 0 Å². The minimum Gasteiger partial charge on any atom is -0.493 e. The number of carbonyl (C=O) groups is 2. The van der Waals surface area contributed by atoms with Gasteiger partial charge in [0.2, 0.25) is 5.75 Å². The van der Waals surface area contributed by atoms with E-state index < -0.39 is 17.7 Å². The number of ether oxygens (including phenoxy) is 2. The molecule has 0 unspecified atom stereocenters. The molecule has 134 valence electrons. The van der Waals surface area contributed by atoms with Gasteiger partial charge in [0.25, 0.3) is 5.91 Å². The van der Waals surface area contributed by atoms with Crippen LogP contribution < -0.4 is 14.8 Å². The second-order valence-electron chi connectivity index (χ2n) is 5.28. The molecule has 0 aliphatic carbocycles. The molecule has 0 spiro atoms. The number of halogens is 1. The smallest absolute Gasteiger partial charge is 0.336 e. The predicted octanol–water partition coefficient (Wildman–Crippen LogP) is 3.54. The Morgan fingerprint density at radius 1 is 1.12 bits per heavy atom. The zero-order valence-corrected chi connectivity index (χ0v) is 13.8. The number of carbonyl (C=O) groups excluding carboxylic acids is 1. The molecule has 0 aliphatic heterocycles. The summed E-state index contributed by atoms with van der Waals surface area (Å²) >= 11 is 0. The van der Waals surface area contributed by atoms with Gasteiger partial charge >= 0.3 is 5.97 Å². The van der Waals surface area contributed by atoms with Crippen molar-refractivity contribution in [2.24, 2.45) is 0 Å². The molecular formula is C18H14FNO6. The second kappa shape index (κ2) is 6.75. The summed E-state index contributed by atoms with van der Waals surface area (Å²) in [6.07, 6.45) is 0. The van der Waals surface area contributed by atoms with Crippen LogP contribution >= 0.6 is 0 Å². The number of fused-ring (bicyclic) bond motifs is 1. The molecule has 7 nitrogen and oxygen atoms in total. The third kappa shape index (κ3) is 3.04. The molecule has 0 atom stereocenters. The first kappa shape index (κ1) is 17.3. The molecule has 0 bridgehead atoms. The first-order valence-corrected chi connectivity index (χ1v) is 7.43. The molecule has 2 N–H and O–H groups in total. The highest BCUT2D eigenvalue weighted by molar-refractivity contribution is 6.10. The van der Waals surface area contributed by atoms with Crippen molar-refractivity contribution >= 4 is 28.5 Å². The van der Waals surface area contributed by atoms with Crippen molar-refractivity contribution in [1.82, 2.24) is 0 Å². The van der Waals surface area contributed by atoms with Crippen molar-refractivity contribution in [3.8, 4) is 11.5 Å². The number of nitrogens with one attached hydrogen (secondary N) is 1. The lowest BCUT2D eigenvalue weighted by Crippen LogP contribution is -2.10. The van der Waals surface area contributed by atoms with Crippen LogP contribution in [-0.4, -0.2) is 31.2 Å². The second-order valence-corrected chi connectivity index (χ2v) is 5.28. The quantitative estimate of drug-likeness (QED) is 0.723. The number of carboxylic acid groups (broad SMARTS) is 1. The molecular weight excluding hydrogens is 345 g/mol. The number of benzene rings is 2. The van der Waals surface area contributed by atoms with E-state index in [-0.39, 0.29) is 33.8 Å². The maximum absolute atomic E-state index is 12.9. The van der Waals surface area contributed by atoms with Crippen LogP contribution in [-0.2, 0) is 0 Å². The van der Waals surface area contributed by atoms with E-state index in [2.05, 4.69) is 5.32 Å². The van der Waals surface area contributed by atoms with Gasteiger partial charge in [0.15, 0.2) is 17.1 Å². The van der Waals surface area contributed by atoms with E-state index in [0.717, 1.165) is 0 Å². The number of hydrogen-bond donors (Lipinski definition) is 2. The fourth-order valence-corrected chi connectivity index (χ4v) is 2.51. The lowest BCUT2D eigenvalue weighted by atomic mass is 10.1. The van der Waals surface area contributed by atoms with Crippen LogP contribution in [0.25, 0.3) is 11.0 Å². The molecule has 3 rings (SSSR count). The van der Waals surface area contributed by atoms with Gasteiger partial charge in [-0.05, 0) is 36.4 Å². The summed E-state index contributed by atoms with van der Waals surface area (Å²) < 4.78 is 28.8. The van der Waals surface area contributed by atoms with E-state index >= 15 is 0 Å². The Kier molecular flexibility index (Phi) is 4.49. The molecule has 0 fully saturated rings. The lowest BCUT2D eigenvalue weighted by Gasteiger charge is -2.09. The fourth-order valence-electron chi connectivity index (χ4n) is 2.51. The molecule has 0 saturated carbocycles. The van der Waals surface area contributed by atoms with Crippen molar-refractivity contribution in [2.75, 3.05) is 19.5 Å². The molecule has 1 heterocycles. The molecule has 0 aliphatic rings. The third-order valence-electron chi connectivity index (χ3n) is 3.71. The maximum Gasteiger partial charge on any atom is 0.336 e. The summed E-state index contributed by atoms with van der Waals surface area (Å²) in [6, 6.07) is 7.78. The van der Waals surface area contributed by atoms with Crippen molar-refractivity contribution in [2.45, 2.75) is 0 Å². The van der Waals surface area contributed by atoms with E-state index in [1.165, 1.54) is 50.6 Å². The monoisotopic (exact) mass is 359 g/mol. The zero-order chi connectivity index (χ0) is 18.8. The van der Waals surface area contributed by atoms with Gasteiger partial charge in [-0.3, -0.25) is 4.79 Å². The lowest BCUT2D eigenvalue weighted by molar-refractivity contribution is 0.0698. The number of carboxylic acids is 1. The molecule has 0 saturated heterocycles. The van der Waals surface area contributed by atoms with Crippen LogP contribution in [0.1, 0.15) is 20.9 Å². The summed E-state index contributed by atoms with van der Waals surface area (Å²) in [5, 5.41) is 12.1. The van der Waals surface area contributed by atoms with Crippen LogP contribution in [0.15, 0.2) is 40.8 Å². The number of rotatable bonds is 5. The number of methoxy groups -OCH3 is 2. The van der Waals surface area contributed by atoms with Crippen molar-refractivity contribution < 1.29 is 33.0 Å². The van der Waals surface area contributed by atoms with E-state index in [9.17, 15) is 19.1 Å². The average Bonchev–Trinajstić information content (AvgIpc) is 3.07. The van der Waals surface area contributed by atoms with Crippen LogP contribution in [0.4, 0.5) is 10.1 Å². The van der Waals surface area contributed by atoms with Gasteiger partial charge < -0.3 is 24.3 Å². The van der Waals surface area contributed by atoms with Crippen molar-refractivity contribution in [1.29, 1.82) is 0 Å². The number of anilines is 1. The minimum atomic E-state index is -1.21. The summed E-state index contributed by atoms with van der Waals surface area (Å²) in [7, 11) is 2.74. The van der Waals surface area contributed by atoms with Gasteiger partial charge in [0.05, 0.1) is 19.8 Å². The fraction of sp³-hybridized carbons (Fsp3) is 0.111. The van der Waals surface area contributed by atoms with E-state index in [4.69, 9.17) is 13.9 Å². The highest BCUT2D eigenvalue weighted by atomic mass is 19.1. The van der Waals surface area contributed by atoms with E-state index in [1.807, 2.05) is 0 Å². The van der Waals surface area contributed by atoms with Gasteiger partial charge in [-0.2, -0.15) is 0 Å². The van der Waals surface area contributed by atoms with Crippen molar-refractivity contribution in [3.05, 3.63) is 53.5 Å². The number of furan rings is 1. The average molecular weight is 359 g/mol. The summed E-state index contributed by atoms with van der Waals surface area (Å²) in [6.45, 7) is 0. The molecule has 0 radical (unpaired) electrons. The number of hydrogen-bond acceptors (Lipinski definition) is 5. The van der Waals surface area contributed by atoms with E-state index in [0.29, 0.717) is 5.69 Å². The van der Waals surface area contributed by atoms with E-state index in [1.54, 1.807) is 0 Å². The van der Waals surface area contributed by atoms with Crippen LogP contribution in [0, 0.1) is 5.82 Å². The van der Waals surface area contributed by atoms with Gasteiger partial charge in [0, 0.05) is 11.1 Å². The Bertz CT molecular complexity index is 993. The molecule has 3 aromatic rings. The number of amides is 1. The Morgan fingerprint density at radius 3 is 2.38 bits per heavy atom. The predicted molar refractivity (Wildman–Crippen MR) is 90.6 cm³/mol. The highest BCUT2D eigenvalue weighted by Crippen LogP contribution is 2.39. The Morgan fingerprint density at radius 2 is 1.81 bits per heavy atom. The Labute approximate surface area is 146 Å². The third-order valence-corrected chi connectivity index (χ3v) is 3.71. The highest BCUT2D eigenvalue weighted by Gasteiger charge is 2.24. The van der Waals surface area contributed by atoms with Crippen LogP contribution in [0.5, 0.6) is 11.5 Å². The Balaban J connectivity index is 2.07. The molecule has 2 aromatic carbocycles.